The van der Waals surface area contributed by atoms with Crippen molar-refractivity contribution >= 4 is 5.65 Å². The Morgan fingerprint density at radius 3 is 2.26 bits per heavy atom. The van der Waals surface area contributed by atoms with Gasteiger partial charge in [-0.3, -0.25) is 9.78 Å². The monoisotopic (exact) mass is 440 g/mol. The van der Waals surface area contributed by atoms with E-state index in [0.717, 1.165) is 4.52 Å². The zero-order chi connectivity index (χ0) is 22.3. The highest BCUT2D eigenvalue weighted by molar-refractivity contribution is 5.81. The van der Waals surface area contributed by atoms with E-state index in [-0.39, 0.29) is 22.6 Å². The Balaban J connectivity index is 2.00. The van der Waals surface area contributed by atoms with E-state index in [9.17, 15) is 31.1 Å². The highest BCUT2D eigenvalue weighted by atomic mass is 19.4. The SMILES string of the molecule is O=c1[nH]c(OCC(F)(F)F)nn2c(-c3cc(F)c(F)c(F)c3)c(-c3ccccc3)nc12. The van der Waals surface area contributed by atoms with Crippen LogP contribution in [0.5, 0.6) is 6.01 Å². The van der Waals surface area contributed by atoms with Crippen molar-refractivity contribution in [2.45, 2.75) is 6.18 Å². The molecule has 6 nitrogen and oxygen atoms in total. The van der Waals surface area contributed by atoms with E-state index in [2.05, 4.69) is 14.8 Å². The van der Waals surface area contributed by atoms with Crippen LogP contribution in [0.15, 0.2) is 47.3 Å². The average molecular weight is 440 g/mol. The summed E-state index contributed by atoms with van der Waals surface area (Å²) in [6.45, 7) is -1.74. The molecular weight excluding hydrogens is 430 g/mol. The molecule has 0 spiro atoms. The van der Waals surface area contributed by atoms with Crippen LogP contribution in [0.4, 0.5) is 26.3 Å². The summed E-state index contributed by atoms with van der Waals surface area (Å²) in [6, 6.07) is 8.63. The Hall–Kier alpha value is -3.83. The van der Waals surface area contributed by atoms with Gasteiger partial charge in [0.15, 0.2) is 24.1 Å². The summed E-state index contributed by atoms with van der Waals surface area (Å²) < 4.78 is 83.9. The second-order valence-electron chi connectivity index (χ2n) is 6.33. The Morgan fingerprint density at radius 2 is 1.65 bits per heavy atom. The lowest BCUT2D eigenvalue weighted by Crippen LogP contribution is -2.23. The third kappa shape index (κ3) is 3.96. The third-order valence-electron chi connectivity index (χ3n) is 4.15. The summed E-state index contributed by atoms with van der Waals surface area (Å²) in [5.74, 6) is -4.73. The van der Waals surface area contributed by atoms with Gasteiger partial charge in [-0.25, -0.2) is 22.7 Å². The van der Waals surface area contributed by atoms with Gasteiger partial charge in [0.05, 0.1) is 5.69 Å². The first-order valence-corrected chi connectivity index (χ1v) is 8.57. The number of rotatable bonds is 4. The molecule has 1 N–H and O–H groups in total. The lowest BCUT2D eigenvalue weighted by Gasteiger charge is -2.09. The second-order valence-corrected chi connectivity index (χ2v) is 6.33. The molecule has 0 aliphatic heterocycles. The molecule has 31 heavy (non-hydrogen) atoms. The molecule has 0 aliphatic rings. The molecule has 2 heterocycles. The fraction of sp³-hybridized carbons (Fsp3) is 0.105. The highest BCUT2D eigenvalue weighted by Gasteiger charge is 2.29. The maximum atomic E-state index is 13.9. The molecule has 160 valence electrons. The summed E-state index contributed by atoms with van der Waals surface area (Å²) in [6.07, 6.45) is -4.70. The topological polar surface area (TPSA) is 72.3 Å². The van der Waals surface area contributed by atoms with Crippen LogP contribution in [0.1, 0.15) is 0 Å². The minimum atomic E-state index is -4.70. The third-order valence-corrected chi connectivity index (χ3v) is 4.15. The summed E-state index contributed by atoms with van der Waals surface area (Å²) >= 11 is 0. The Labute approximate surface area is 168 Å². The molecule has 0 aliphatic carbocycles. The van der Waals surface area contributed by atoms with Crippen LogP contribution < -0.4 is 10.3 Å². The molecule has 12 heteroatoms. The van der Waals surface area contributed by atoms with Crippen LogP contribution in [0.25, 0.3) is 28.2 Å². The van der Waals surface area contributed by atoms with Crippen molar-refractivity contribution in [3.63, 3.8) is 0 Å². The van der Waals surface area contributed by atoms with Gasteiger partial charge in [0.2, 0.25) is 5.65 Å². The van der Waals surface area contributed by atoms with Gasteiger partial charge in [-0.05, 0) is 12.1 Å². The quantitative estimate of drug-likeness (QED) is 0.383. The minimum Gasteiger partial charge on any atom is -0.454 e. The van der Waals surface area contributed by atoms with Crippen LogP contribution in [-0.4, -0.2) is 32.4 Å². The summed E-state index contributed by atoms with van der Waals surface area (Å²) in [5.41, 5.74) is -1.29. The van der Waals surface area contributed by atoms with Crippen molar-refractivity contribution in [1.82, 2.24) is 19.6 Å². The molecule has 2 aromatic carbocycles. The van der Waals surface area contributed by atoms with Crippen LogP contribution in [-0.2, 0) is 0 Å². The van der Waals surface area contributed by atoms with Gasteiger partial charge in [-0.2, -0.15) is 13.2 Å². The zero-order valence-electron chi connectivity index (χ0n) is 15.2. The number of alkyl halides is 3. The molecule has 4 rings (SSSR count). The lowest BCUT2D eigenvalue weighted by atomic mass is 10.0. The lowest BCUT2D eigenvalue weighted by molar-refractivity contribution is -0.154. The van der Waals surface area contributed by atoms with Crippen molar-refractivity contribution in [2.24, 2.45) is 0 Å². The standard InChI is InChI=1S/C19H10F6N4O2/c20-11-6-10(7-12(21)13(11)22)15-14(9-4-2-1-3-5-9)26-16-17(30)27-18(28-29(15)16)31-8-19(23,24)25/h1-7H,8H2,(H,27,28,30). The van der Waals surface area contributed by atoms with Crippen molar-refractivity contribution in [3.05, 3.63) is 70.3 Å². The molecule has 0 bridgehead atoms. The molecular formula is C19H10F6N4O2. The number of nitrogens with one attached hydrogen (secondary N) is 1. The smallest absolute Gasteiger partial charge is 0.422 e. The number of benzene rings is 2. The van der Waals surface area contributed by atoms with Gasteiger partial charge in [0.25, 0.3) is 5.56 Å². The number of H-pyrrole nitrogens is 1. The van der Waals surface area contributed by atoms with E-state index in [1.165, 1.54) is 0 Å². The molecule has 0 radical (unpaired) electrons. The average Bonchev–Trinajstić information content (AvgIpc) is 3.10. The normalized spacial score (nSPS) is 11.8. The number of halogens is 6. The predicted octanol–water partition coefficient (Wildman–Crippen LogP) is 4.11. The van der Waals surface area contributed by atoms with E-state index in [4.69, 9.17) is 0 Å². The number of hydrogen-bond acceptors (Lipinski definition) is 4. The van der Waals surface area contributed by atoms with E-state index in [0.29, 0.717) is 17.7 Å². The van der Waals surface area contributed by atoms with Gasteiger partial charge >= 0.3 is 12.2 Å². The molecule has 0 amide bonds. The van der Waals surface area contributed by atoms with E-state index >= 15 is 0 Å². The number of imidazole rings is 1. The van der Waals surface area contributed by atoms with Crippen molar-refractivity contribution in [1.29, 1.82) is 0 Å². The van der Waals surface area contributed by atoms with Gasteiger partial charge in [-0.1, -0.05) is 30.3 Å². The van der Waals surface area contributed by atoms with Gasteiger partial charge in [-0.15, -0.1) is 5.10 Å². The van der Waals surface area contributed by atoms with Crippen LogP contribution in [0, 0.1) is 17.5 Å². The Bertz CT molecular complexity index is 1310. The molecule has 0 saturated carbocycles. The number of aromatic amines is 1. The molecule has 2 aromatic heterocycles. The van der Waals surface area contributed by atoms with E-state index < -0.39 is 41.8 Å². The number of aromatic nitrogens is 4. The first-order chi connectivity index (χ1) is 14.6. The first kappa shape index (κ1) is 20.4. The van der Waals surface area contributed by atoms with Gasteiger partial charge in [0, 0.05) is 11.1 Å². The number of ether oxygens (including phenoxy) is 1. The highest BCUT2D eigenvalue weighted by Crippen LogP contribution is 2.33. The number of nitrogens with zero attached hydrogens (tertiary/aromatic N) is 3. The fourth-order valence-electron chi connectivity index (χ4n) is 2.89. The Morgan fingerprint density at radius 1 is 1.00 bits per heavy atom. The van der Waals surface area contributed by atoms with E-state index in [1.54, 1.807) is 30.3 Å². The zero-order valence-corrected chi connectivity index (χ0v) is 15.2. The maximum absolute atomic E-state index is 13.9. The molecule has 4 aromatic rings. The first-order valence-electron chi connectivity index (χ1n) is 8.57. The largest absolute Gasteiger partial charge is 0.454 e. The van der Waals surface area contributed by atoms with Crippen LogP contribution in [0.2, 0.25) is 0 Å². The number of hydrogen-bond donors (Lipinski definition) is 1. The summed E-state index contributed by atoms with van der Waals surface area (Å²) in [7, 11) is 0. The molecule has 0 atom stereocenters. The maximum Gasteiger partial charge on any atom is 0.422 e. The van der Waals surface area contributed by atoms with Crippen molar-refractivity contribution in [3.8, 4) is 28.5 Å². The van der Waals surface area contributed by atoms with Gasteiger partial charge < -0.3 is 4.74 Å². The van der Waals surface area contributed by atoms with Gasteiger partial charge in [0.1, 0.15) is 5.69 Å². The fourth-order valence-corrected chi connectivity index (χ4v) is 2.89. The predicted molar refractivity (Wildman–Crippen MR) is 95.9 cm³/mol. The summed E-state index contributed by atoms with van der Waals surface area (Å²) in [5, 5.41) is 3.78. The molecule has 0 unspecified atom stereocenters. The van der Waals surface area contributed by atoms with E-state index in [1.807, 2.05) is 4.98 Å². The summed E-state index contributed by atoms with van der Waals surface area (Å²) in [4.78, 5) is 18.5. The number of fused-ring (bicyclic) bond motifs is 1. The molecule has 0 saturated heterocycles. The van der Waals surface area contributed by atoms with Crippen molar-refractivity contribution < 1.29 is 31.1 Å². The van der Waals surface area contributed by atoms with Crippen LogP contribution in [0.3, 0.4) is 0 Å². The second kappa shape index (κ2) is 7.45. The Kier molecular flexibility index (Phi) is 4.91. The van der Waals surface area contributed by atoms with Crippen LogP contribution >= 0.6 is 0 Å². The minimum absolute atomic E-state index is 0.0389. The molecule has 0 fully saturated rings. The van der Waals surface area contributed by atoms with Crippen molar-refractivity contribution in [2.75, 3.05) is 6.61 Å².